The number of rotatable bonds is 6. The fourth-order valence-electron chi connectivity index (χ4n) is 4.04. The molecular formula is C24H27N7O. The largest absolute Gasteiger partial charge is 0.481 e. The zero-order valence-electron chi connectivity index (χ0n) is 18.4. The van der Waals surface area contributed by atoms with E-state index in [9.17, 15) is 0 Å². The molecule has 164 valence electrons. The Morgan fingerprint density at radius 3 is 2.75 bits per heavy atom. The summed E-state index contributed by atoms with van der Waals surface area (Å²) in [6, 6.07) is 14.2. The number of benzene rings is 1. The number of piperazine rings is 1. The van der Waals surface area contributed by atoms with Crippen molar-refractivity contribution in [2.24, 2.45) is 0 Å². The number of aromatic amines is 1. The van der Waals surface area contributed by atoms with Crippen LogP contribution in [0.15, 0.2) is 54.9 Å². The second-order valence-corrected chi connectivity index (χ2v) is 8.13. The molecule has 0 unspecified atom stereocenters. The van der Waals surface area contributed by atoms with Crippen LogP contribution in [0.4, 0.5) is 11.8 Å². The van der Waals surface area contributed by atoms with Gasteiger partial charge < -0.3 is 19.9 Å². The molecule has 3 aromatic heterocycles. The molecule has 0 amide bonds. The zero-order chi connectivity index (χ0) is 21.9. The lowest BCUT2D eigenvalue weighted by Gasteiger charge is -2.32. The second-order valence-electron chi connectivity index (χ2n) is 8.13. The van der Waals surface area contributed by atoms with E-state index >= 15 is 0 Å². The Labute approximate surface area is 187 Å². The van der Waals surface area contributed by atoms with Crippen LogP contribution in [0.3, 0.4) is 0 Å². The van der Waals surface area contributed by atoms with Crippen LogP contribution in [-0.4, -0.2) is 70.1 Å². The Hall–Kier alpha value is -3.49. The number of likely N-dealkylation sites (N-methyl/N-ethyl adjacent to an activating group) is 1. The van der Waals surface area contributed by atoms with Gasteiger partial charge in [0.25, 0.3) is 0 Å². The van der Waals surface area contributed by atoms with Crippen LogP contribution in [-0.2, 0) is 6.54 Å². The van der Waals surface area contributed by atoms with Gasteiger partial charge in [-0.15, -0.1) is 0 Å². The highest BCUT2D eigenvalue weighted by molar-refractivity contribution is 5.84. The van der Waals surface area contributed by atoms with Crippen molar-refractivity contribution < 1.29 is 4.74 Å². The van der Waals surface area contributed by atoms with E-state index < -0.39 is 0 Å². The van der Waals surface area contributed by atoms with Crippen molar-refractivity contribution in [3.05, 3.63) is 60.4 Å². The number of hydrogen-bond donors (Lipinski definition) is 2. The maximum absolute atomic E-state index is 5.40. The molecule has 1 fully saturated rings. The van der Waals surface area contributed by atoms with Crippen LogP contribution >= 0.6 is 0 Å². The highest BCUT2D eigenvalue weighted by Gasteiger charge is 2.14. The van der Waals surface area contributed by atoms with Crippen molar-refractivity contribution in [3.63, 3.8) is 0 Å². The van der Waals surface area contributed by atoms with Gasteiger partial charge in [-0.1, -0.05) is 6.07 Å². The van der Waals surface area contributed by atoms with Crippen LogP contribution in [0.25, 0.3) is 22.2 Å². The number of imidazole rings is 1. The molecule has 32 heavy (non-hydrogen) atoms. The monoisotopic (exact) mass is 429 g/mol. The average molecular weight is 430 g/mol. The zero-order valence-corrected chi connectivity index (χ0v) is 18.4. The number of nitrogens with zero attached hydrogens (tertiary/aromatic N) is 5. The molecule has 0 bridgehead atoms. The summed E-state index contributed by atoms with van der Waals surface area (Å²) in [6.07, 6.45) is 3.58. The first-order valence-electron chi connectivity index (χ1n) is 10.8. The van der Waals surface area contributed by atoms with Crippen molar-refractivity contribution in [3.8, 4) is 17.0 Å². The molecule has 0 aliphatic carbocycles. The van der Waals surface area contributed by atoms with Gasteiger partial charge in [0.05, 0.1) is 18.1 Å². The summed E-state index contributed by atoms with van der Waals surface area (Å²) in [5.41, 5.74) is 5.02. The fraction of sp³-hybridized carbons (Fsp3) is 0.292. The number of methoxy groups -OCH3 is 1. The Kier molecular flexibility index (Phi) is 5.70. The first kappa shape index (κ1) is 20.4. The van der Waals surface area contributed by atoms with Gasteiger partial charge in [-0.25, -0.2) is 15.0 Å². The summed E-state index contributed by atoms with van der Waals surface area (Å²) in [5.74, 6) is 2.05. The van der Waals surface area contributed by atoms with Gasteiger partial charge in [0, 0.05) is 50.7 Å². The molecule has 5 rings (SSSR count). The van der Waals surface area contributed by atoms with Crippen molar-refractivity contribution in [1.82, 2.24) is 29.7 Å². The van der Waals surface area contributed by atoms with Crippen LogP contribution in [0.2, 0.25) is 0 Å². The number of fused-ring (bicyclic) bond motifs is 1. The summed E-state index contributed by atoms with van der Waals surface area (Å²) in [6.45, 7) is 5.34. The summed E-state index contributed by atoms with van der Waals surface area (Å²) in [4.78, 5) is 21.6. The summed E-state index contributed by atoms with van der Waals surface area (Å²) >= 11 is 0. The Balaban J connectivity index is 1.33. The highest BCUT2D eigenvalue weighted by atomic mass is 16.5. The second kappa shape index (κ2) is 8.94. The maximum Gasteiger partial charge on any atom is 0.221 e. The maximum atomic E-state index is 5.40. The number of nitrogens with one attached hydrogen (secondary N) is 2. The number of H-pyrrole nitrogens is 1. The van der Waals surface area contributed by atoms with Gasteiger partial charge in [-0.05, 0) is 54.6 Å². The number of anilines is 2. The summed E-state index contributed by atoms with van der Waals surface area (Å²) in [5, 5.41) is 3.32. The van der Waals surface area contributed by atoms with E-state index in [0.717, 1.165) is 60.7 Å². The molecule has 1 aliphatic rings. The van der Waals surface area contributed by atoms with Gasteiger partial charge in [0.2, 0.25) is 11.8 Å². The summed E-state index contributed by atoms with van der Waals surface area (Å²) < 4.78 is 5.40. The van der Waals surface area contributed by atoms with Crippen molar-refractivity contribution in [2.75, 3.05) is 45.7 Å². The molecule has 1 saturated heterocycles. The molecule has 4 aromatic rings. The van der Waals surface area contributed by atoms with Crippen molar-refractivity contribution >= 4 is 22.8 Å². The molecule has 8 nitrogen and oxygen atoms in total. The predicted octanol–water partition coefficient (Wildman–Crippen LogP) is 3.52. The van der Waals surface area contributed by atoms with Crippen LogP contribution in [0.5, 0.6) is 5.88 Å². The smallest absolute Gasteiger partial charge is 0.221 e. The predicted molar refractivity (Wildman–Crippen MR) is 126 cm³/mol. The number of ether oxygens (including phenoxy) is 1. The quantitative estimate of drug-likeness (QED) is 0.485. The number of pyridine rings is 2. The van der Waals surface area contributed by atoms with E-state index in [1.165, 1.54) is 5.56 Å². The molecule has 0 radical (unpaired) electrons. The molecule has 0 atom stereocenters. The molecule has 1 aromatic carbocycles. The molecule has 4 heterocycles. The average Bonchev–Trinajstić information content (AvgIpc) is 3.22. The SMILES string of the molecule is COc1ncccc1-c1ccc2nc(Nc3cc(CN4CCN(C)CC4)ccn3)[nH]c2c1. The molecule has 8 heteroatoms. The first-order chi connectivity index (χ1) is 15.7. The van der Waals surface area contributed by atoms with Crippen molar-refractivity contribution in [2.45, 2.75) is 6.54 Å². The van der Waals surface area contributed by atoms with Gasteiger partial charge in [0.15, 0.2) is 0 Å². The topological polar surface area (TPSA) is 82.2 Å². The van der Waals surface area contributed by atoms with E-state index in [-0.39, 0.29) is 0 Å². The molecule has 1 aliphatic heterocycles. The summed E-state index contributed by atoms with van der Waals surface area (Å²) in [7, 11) is 3.81. The standard InChI is InChI=1S/C24H27N7O/c1-30-10-12-31(13-11-30)16-17-7-9-25-22(14-17)29-24-27-20-6-5-18(15-21(20)28-24)19-4-3-8-26-23(19)32-2/h3-9,14-15H,10-13,16H2,1-2H3,(H2,25,27,28,29). The molecule has 0 spiro atoms. The van der Waals surface area contributed by atoms with Gasteiger partial charge in [-0.3, -0.25) is 4.90 Å². The van der Waals surface area contributed by atoms with Gasteiger partial charge in [0.1, 0.15) is 5.82 Å². The lowest BCUT2D eigenvalue weighted by atomic mass is 10.1. The normalized spacial score (nSPS) is 15.2. The molecule has 0 saturated carbocycles. The third kappa shape index (κ3) is 4.42. The van der Waals surface area contributed by atoms with E-state index in [4.69, 9.17) is 4.74 Å². The number of hydrogen-bond acceptors (Lipinski definition) is 7. The lowest BCUT2D eigenvalue weighted by Crippen LogP contribution is -2.43. The van der Waals surface area contributed by atoms with E-state index in [0.29, 0.717) is 11.8 Å². The molecule has 2 N–H and O–H groups in total. The third-order valence-corrected chi connectivity index (χ3v) is 5.83. The Morgan fingerprint density at radius 2 is 1.91 bits per heavy atom. The lowest BCUT2D eigenvalue weighted by molar-refractivity contribution is 0.148. The first-order valence-corrected chi connectivity index (χ1v) is 10.8. The minimum absolute atomic E-state index is 0.603. The minimum atomic E-state index is 0.603. The minimum Gasteiger partial charge on any atom is -0.481 e. The van der Waals surface area contributed by atoms with E-state index in [1.807, 2.05) is 30.5 Å². The van der Waals surface area contributed by atoms with E-state index in [1.54, 1.807) is 13.3 Å². The Morgan fingerprint density at radius 1 is 1.03 bits per heavy atom. The fourth-order valence-corrected chi connectivity index (χ4v) is 4.04. The third-order valence-electron chi connectivity index (χ3n) is 5.83. The van der Waals surface area contributed by atoms with Gasteiger partial charge >= 0.3 is 0 Å². The molecular weight excluding hydrogens is 402 g/mol. The van der Waals surface area contributed by atoms with Crippen molar-refractivity contribution in [1.29, 1.82) is 0 Å². The van der Waals surface area contributed by atoms with Crippen LogP contribution in [0, 0.1) is 0 Å². The van der Waals surface area contributed by atoms with Crippen LogP contribution in [0.1, 0.15) is 5.56 Å². The number of aromatic nitrogens is 4. The van der Waals surface area contributed by atoms with Crippen LogP contribution < -0.4 is 10.1 Å². The van der Waals surface area contributed by atoms with E-state index in [2.05, 4.69) is 60.3 Å². The Bertz CT molecular complexity index is 1210. The van der Waals surface area contributed by atoms with Gasteiger partial charge in [-0.2, -0.15) is 0 Å². The highest BCUT2D eigenvalue weighted by Crippen LogP contribution is 2.30.